The zero-order chi connectivity index (χ0) is 45.8. The number of hydrogen-bond acceptors (Lipinski definition) is 8. The topological polar surface area (TPSA) is 105 Å². The van der Waals surface area contributed by atoms with Crippen molar-refractivity contribution in [2.24, 2.45) is 23.7 Å². The monoisotopic (exact) mass is 865 g/mol. The lowest BCUT2D eigenvalue weighted by atomic mass is 9.97. The molecule has 0 saturated heterocycles. The van der Waals surface area contributed by atoms with E-state index in [2.05, 4.69) is 55.4 Å². The molecule has 0 spiro atoms. The summed E-state index contributed by atoms with van der Waals surface area (Å²) in [5.41, 5.74) is 1.90. The molecule has 352 valence electrons. The van der Waals surface area contributed by atoms with Crippen molar-refractivity contribution in [1.29, 1.82) is 0 Å². The van der Waals surface area contributed by atoms with Gasteiger partial charge in [0.1, 0.15) is 0 Å². The zero-order valence-corrected chi connectivity index (χ0v) is 40.6. The number of benzene rings is 2. The van der Waals surface area contributed by atoms with E-state index in [-0.39, 0.29) is 23.9 Å². The fraction of sp³-hybridized carbons (Fsp3) is 0.704. The third kappa shape index (κ3) is 28.1. The van der Waals surface area contributed by atoms with Crippen LogP contribution in [-0.4, -0.2) is 50.3 Å². The summed E-state index contributed by atoms with van der Waals surface area (Å²) in [7, 11) is 0. The van der Waals surface area contributed by atoms with E-state index in [0.29, 0.717) is 60.5 Å². The van der Waals surface area contributed by atoms with Gasteiger partial charge in [-0.25, -0.2) is 19.2 Å². The van der Waals surface area contributed by atoms with E-state index in [0.717, 1.165) is 76.0 Å². The highest BCUT2D eigenvalue weighted by Gasteiger charge is 2.17. The van der Waals surface area contributed by atoms with Gasteiger partial charge in [-0.05, 0) is 111 Å². The van der Waals surface area contributed by atoms with E-state index >= 15 is 0 Å². The van der Waals surface area contributed by atoms with Gasteiger partial charge >= 0.3 is 23.9 Å². The molecule has 2 aromatic carbocycles. The van der Waals surface area contributed by atoms with E-state index in [1.54, 1.807) is 48.5 Å². The minimum absolute atomic E-state index is 0.319. The van der Waals surface area contributed by atoms with Gasteiger partial charge < -0.3 is 18.9 Å². The maximum atomic E-state index is 12.4. The Labute approximate surface area is 378 Å². The van der Waals surface area contributed by atoms with E-state index in [1.807, 2.05) is 0 Å². The molecule has 62 heavy (non-hydrogen) atoms. The Hall–Kier alpha value is -3.68. The Morgan fingerprint density at radius 1 is 0.355 bits per heavy atom. The molecule has 2 aromatic rings. The largest absolute Gasteiger partial charge is 0.462 e. The van der Waals surface area contributed by atoms with Gasteiger partial charge in [-0.3, -0.25) is 0 Å². The third-order valence-corrected chi connectivity index (χ3v) is 11.3. The Kier molecular flexibility index (Phi) is 33.4. The molecule has 0 radical (unpaired) electrons. The normalized spacial score (nSPS) is 12.0. The number of unbranched alkanes of at least 4 members (excludes halogenated alkanes) is 10. The molecule has 8 nitrogen and oxygen atoms in total. The van der Waals surface area contributed by atoms with Crippen LogP contribution in [0.2, 0.25) is 0 Å². The standard InChI is InChI=1S/C28H46O4.C26H42O4/c1-5-9-11-15-23(13-7-3)21-31-27(29)25-17-19-26(20-18-25)28(30)32-22-24(14-8-4)16-12-10-6-2;1-21(2)13-9-5-7-11-19-29-25(27)23-15-17-24(18-16-23)26(28)30-20-12-8-6-10-14-22(3)4/h17-20,23-24H,5-16,21-22H2,1-4H3;15-18,21-22H,5-14,19-20H2,1-4H3. The molecule has 0 fully saturated rings. The molecule has 0 aliphatic heterocycles. The van der Waals surface area contributed by atoms with E-state index in [9.17, 15) is 19.2 Å². The van der Waals surface area contributed by atoms with Crippen LogP contribution in [-0.2, 0) is 18.9 Å². The van der Waals surface area contributed by atoms with Crippen molar-refractivity contribution in [3.05, 3.63) is 70.8 Å². The minimum Gasteiger partial charge on any atom is -0.462 e. The smallest absolute Gasteiger partial charge is 0.338 e. The van der Waals surface area contributed by atoms with Crippen LogP contribution in [0.5, 0.6) is 0 Å². The maximum Gasteiger partial charge on any atom is 0.338 e. The first kappa shape index (κ1) is 56.3. The molecule has 0 heterocycles. The highest BCUT2D eigenvalue weighted by molar-refractivity contribution is 5.94. The summed E-state index contributed by atoms with van der Waals surface area (Å²) in [6, 6.07) is 13.2. The van der Waals surface area contributed by atoms with Crippen molar-refractivity contribution in [2.75, 3.05) is 26.4 Å². The summed E-state index contributed by atoms with van der Waals surface area (Å²) in [5, 5.41) is 0. The lowest BCUT2D eigenvalue weighted by molar-refractivity contribution is 0.0410. The minimum atomic E-state index is -0.335. The summed E-state index contributed by atoms with van der Waals surface area (Å²) in [6.45, 7) is 19.5. The number of rotatable bonds is 34. The quantitative estimate of drug-likeness (QED) is 0.0389. The van der Waals surface area contributed by atoms with Crippen molar-refractivity contribution in [2.45, 2.75) is 197 Å². The van der Waals surface area contributed by atoms with Gasteiger partial charge in [-0.1, -0.05) is 158 Å². The first-order valence-electron chi connectivity index (χ1n) is 24.8. The van der Waals surface area contributed by atoms with Crippen LogP contribution in [0.15, 0.2) is 48.5 Å². The van der Waals surface area contributed by atoms with Gasteiger partial charge in [0, 0.05) is 0 Å². The molecule has 0 amide bonds. The summed E-state index contributed by atoms with van der Waals surface area (Å²) in [4.78, 5) is 49.1. The lowest BCUT2D eigenvalue weighted by Crippen LogP contribution is -2.16. The summed E-state index contributed by atoms with van der Waals surface area (Å²) >= 11 is 0. The SMILES string of the molecule is CC(C)CCCCCCOC(=O)c1ccc(C(=O)OCCCCCCC(C)C)cc1.CCCCCC(CCC)COC(=O)c1ccc(C(=O)OCC(CCC)CCCCC)cc1. The molecule has 2 rings (SSSR count). The van der Waals surface area contributed by atoms with E-state index in [1.165, 1.54) is 77.0 Å². The molecular formula is C54H88O8. The molecule has 0 saturated carbocycles. The van der Waals surface area contributed by atoms with Crippen molar-refractivity contribution < 1.29 is 38.1 Å². The van der Waals surface area contributed by atoms with Crippen LogP contribution in [0.25, 0.3) is 0 Å². The van der Waals surface area contributed by atoms with Crippen molar-refractivity contribution in [3.63, 3.8) is 0 Å². The zero-order valence-electron chi connectivity index (χ0n) is 40.6. The van der Waals surface area contributed by atoms with Gasteiger partial charge in [-0.2, -0.15) is 0 Å². The number of carbonyl (C=O) groups is 4. The number of carbonyl (C=O) groups excluding carboxylic acids is 4. The Balaban J connectivity index is 0.000000621. The second-order valence-electron chi connectivity index (χ2n) is 18.1. The second kappa shape index (κ2) is 36.8. The Morgan fingerprint density at radius 2 is 0.645 bits per heavy atom. The first-order chi connectivity index (χ1) is 29.9. The van der Waals surface area contributed by atoms with Gasteiger partial charge in [0.15, 0.2) is 0 Å². The molecule has 2 atom stereocenters. The van der Waals surface area contributed by atoms with Crippen LogP contribution in [0, 0.1) is 23.7 Å². The average Bonchev–Trinajstić information content (AvgIpc) is 3.26. The fourth-order valence-electron chi connectivity index (χ4n) is 7.36. The lowest BCUT2D eigenvalue weighted by Gasteiger charge is -2.17. The predicted octanol–water partition coefficient (Wildman–Crippen LogP) is 15.2. The number of ether oxygens (including phenoxy) is 4. The van der Waals surface area contributed by atoms with Gasteiger partial charge in [-0.15, -0.1) is 0 Å². The van der Waals surface area contributed by atoms with Crippen molar-refractivity contribution >= 4 is 23.9 Å². The highest BCUT2D eigenvalue weighted by Crippen LogP contribution is 2.20. The Bertz CT molecular complexity index is 1320. The number of esters is 4. The van der Waals surface area contributed by atoms with E-state index in [4.69, 9.17) is 18.9 Å². The van der Waals surface area contributed by atoms with Crippen LogP contribution in [0.3, 0.4) is 0 Å². The van der Waals surface area contributed by atoms with Gasteiger partial charge in [0.05, 0.1) is 48.7 Å². The van der Waals surface area contributed by atoms with Crippen LogP contribution < -0.4 is 0 Å². The van der Waals surface area contributed by atoms with Crippen molar-refractivity contribution in [1.82, 2.24) is 0 Å². The third-order valence-electron chi connectivity index (χ3n) is 11.3. The number of hydrogen-bond donors (Lipinski definition) is 0. The average molecular weight is 865 g/mol. The Morgan fingerprint density at radius 3 is 0.935 bits per heavy atom. The molecule has 0 aliphatic rings. The predicted molar refractivity (Wildman–Crippen MR) is 255 cm³/mol. The first-order valence-corrected chi connectivity index (χ1v) is 24.8. The summed E-state index contributed by atoms with van der Waals surface area (Å²) < 4.78 is 21.8. The molecule has 0 bridgehead atoms. The van der Waals surface area contributed by atoms with E-state index < -0.39 is 0 Å². The summed E-state index contributed by atoms with van der Waals surface area (Å²) in [6.07, 6.45) is 25.1. The maximum absolute atomic E-state index is 12.4. The second-order valence-corrected chi connectivity index (χ2v) is 18.1. The fourth-order valence-corrected chi connectivity index (χ4v) is 7.36. The molecule has 2 unspecified atom stereocenters. The molecule has 0 N–H and O–H groups in total. The molecule has 0 aliphatic carbocycles. The van der Waals surface area contributed by atoms with Gasteiger partial charge in [0.25, 0.3) is 0 Å². The summed E-state index contributed by atoms with van der Waals surface area (Å²) in [5.74, 6) is 1.06. The molecule has 0 aromatic heterocycles. The molecule has 8 heteroatoms. The van der Waals surface area contributed by atoms with Gasteiger partial charge in [0.2, 0.25) is 0 Å². The highest BCUT2D eigenvalue weighted by atomic mass is 16.5. The van der Waals surface area contributed by atoms with Crippen LogP contribution in [0.4, 0.5) is 0 Å². The van der Waals surface area contributed by atoms with Crippen molar-refractivity contribution in [3.8, 4) is 0 Å². The van der Waals surface area contributed by atoms with Crippen LogP contribution in [0.1, 0.15) is 238 Å². The molecular weight excluding hydrogens is 777 g/mol. The van der Waals surface area contributed by atoms with Crippen LogP contribution >= 0.6 is 0 Å².